The molecular formula is C13H21N3O. The van der Waals surface area contributed by atoms with E-state index in [9.17, 15) is 0 Å². The first-order valence-electron chi connectivity index (χ1n) is 6.19. The Hall–Kier alpha value is -1.29. The quantitative estimate of drug-likeness (QED) is 0.868. The minimum atomic E-state index is 0.716. The van der Waals surface area contributed by atoms with E-state index in [2.05, 4.69) is 16.9 Å². The van der Waals surface area contributed by atoms with Crippen LogP contribution in [-0.2, 0) is 4.74 Å². The summed E-state index contributed by atoms with van der Waals surface area (Å²) in [6, 6.07) is 3.92. The second kappa shape index (κ2) is 5.36. The second-order valence-corrected chi connectivity index (χ2v) is 4.78. The van der Waals surface area contributed by atoms with Crippen molar-refractivity contribution in [1.29, 1.82) is 0 Å². The molecule has 2 rings (SSSR count). The minimum Gasteiger partial charge on any atom is -0.397 e. The molecular weight excluding hydrogens is 214 g/mol. The number of nitrogens with zero attached hydrogens (tertiary/aromatic N) is 2. The van der Waals surface area contributed by atoms with E-state index in [-0.39, 0.29) is 0 Å². The van der Waals surface area contributed by atoms with Crippen LogP contribution in [-0.4, -0.2) is 31.8 Å². The van der Waals surface area contributed by atoms with Crippen molar-refractivity contribution in [3.05, 3.63) is 17.8 Å². The Morgan fingerprint density at radius 2 is 2.12 bits per heavy atom. The van der Waals surface area contributed by atoms with Crippen LogP contribution in [0.15, 0.2) is 12.1 Å². The number of hydrogen-bond donors (Lipinski definition) is 1. The first-order chi connectivity index (χ1) is 8.16. The van der Waals surface area contributed by atoms with Crippen LogP contribution in [0.3, 0.4) is 0 Å². The fourth-order valence-corrected chi connectivity index (χ4v) is 2.18. The maximum atomic E-state index is 5.78. The summed E-state index contributed by atoms with van der Waals surface area (Å²) in [7, 11) is 2.09. The van der Waals surface area contributed by atoms with Crippen LogP contribution in [0.4, 0.5) is 11.5 Å². The van der Waals surface area contributed by atoms with Crippen molar-refractivity contribution in [2.75, 3.05) is 37.4 Å². The van der Waals surface area contributed by atoms with E-state index in [4.69, 9.17) is 10.5 Å². The average Bonchev–Trinajstić information content (AvgIpc) is 2.34. The Labute approximate surface area is 103 Å². The molecule has 0 amide bonds. The van der Waals surface area contributed by atoms with Gasteiger partial charge >= 0.3 is 0 Å². The van der Waals surface area contributed by atoms with Crippen LogP contribution in [0, 0.1) is 12.8 Å². The number of nitrogen functional groups attached to an aromatic ring is 1. The summed E-state index contributed by atoms with van der Waals surface area (Å²) in [4.78, 5) is 6.72. The van der Waals surface area contributed by atoms with Crippen LogP contribution in [0.5, 0.6) is 0 Å². The van der Waals surface area contributed by atoms with Gasteiger partial charge in [0.2, 0.25) is 0 Å². The maximum Gasteiger partial charge on any atom is 0.128 e. The summed E-state index contributed by atoms with van der Waals surface area (Å²) in [5, 5.41) is 0. The molecule has 0 aliphatic carbocycles. The molecule has 0 radical (unpaired) electrons. The van der Waals surface area contributed by atoms with E-state index >= 15 is 0 Å². The van der Waals surface area contributed by atoms with Crippen LogP contribution in [0.2, 0.25) is 0 Å². The third-order valence-corrected chi connectivity index (χ3v) is 3.38. The molecule has 1 aliphatic rings. The van der Waals surface area contributed by atoms with Gasteiger partial charge in [0.15, 0.2) is 0 Å². The van der Waals surface area contributed by atoms with Gasteiger partial charge in [0, 0.05) is 26.8 Å². The van der Waals surface area contributed by atoms with Crippen molar-refractivity contribution < 1.29 is 4.74 Å². The van der Waals surface area contributed by atoms with Gasteiger partial charge < -0.3 is 15.4 Å². The summed E-state index contributed by atoms with van der Waals surface area (Å²) in [5.74, 6) is 1.72. The smallest absolute Gasteiger partial charge is 0.128 e. The Morgan fingerprint density at radius 3 is 2.76 bits per heavy atom. The zero-order chi connectivity index (χ0) is 12.3. The molecule has 0 spiro atoms. The number of hydrogen-bond acceptors (Lipinski definition) is 4. The number of pyridine rings is 1. The predicted molar refractivity (Wildman–Crippen MR) is 70.2 cm³/mol. The molecule has 2 N–H and O–H groups in total. The number of anilines is 2. The molecule has 0 aromatic carbocycles. The molecule has 0 saturated carbocycles. The van der Waals surface area contributed by atoms with Crippen molar-refractivity contribution in [3.63, 3.8) is 0 Å². The van der Waals surface area contributed by atoms with Crippen molar-refractivity contribution in [3.8, 4) is 0 Å². The first-order valence-corrected chi connectivity index (χ1v) is 6.19. The Balaban J connectivity index is 1.98. The summed E-state index contributed by atoms with van der Waals surface area (Å²) >= 11 is 0. The molecule has 4 nitrogen and oxygen atoms in total. The molecule has 0 atom stereocenters. The van der Waals surface area contributed by atoms with Gasteiger partial charge in [0.05, 0.1) is 11.4 Å². The van der Waals surface area contributed by atoms with Crippen molar-refractivity contribution in [1.82, 2.24) is 4.98 Å². The van der Waals surface area contributed by atoms with E-state index in [0.717, 1.165) is 49.8 Å². The van der Waals surface area contributed by atoms with Gasteiger partial charge in [-0.15, -0.1) is 0 Å². The monoisotopic (exact) mass is 235 g/mol. The van der Waals surface area contributed by atoms with Gasteiger partial charge in [-0.2, -0.15) is 0 Å². The molecule has 1 aliphatic heterocycles. The van der Waals surface area contributed by atoms with Crippen molar-refractivity contribution in [2.24, 2.45) is 5.92 Å². The van der Waals surface area contributed by atoms with Crippen LogP contribution in [0.1, 0.15) is 18.5 Å². The Kier molecular flexibility index (Phi) is 3.84. The van der Waals surface area contributed by atoms with Crippen LogP contribution < -0.4 is 10.6 Å². The SMILES string of the molecule is Cc1nc(N(C)CC2CCOCC2)ccc1N. The second-order valence-electron chi connectivity index (χ2n) is 4.78. The summed E-state index contributed by atoms with van der Waals surface area (Å²) in [5.41, 5.74) is 7.44. The molecule has 0 unspecified atom stereocenters. The van der Waals surface area contributed by atoms with Crippen molar-refractivity contribution in [2.45, 2.75) is 19.8 Å². The average molecular weight is 235 g/mol. The maximum absolute atomic E-state index is 5.78. The normalized spacial score (nSPS) is 17.1. The van der Waals surface area contributed by atoms with E-state index in [0.29, 0.717) is 5.92 Å². The fraction of sp³-hybridized carbons (Fsp3) is 0.615. The highest BCUT2D eigenvalue weighted by Crippen LogP contribution is 2.20. The Morgan fingerprint density at radius 1 is 1.41 bits per heavy atom. The molecule has 4 heteroatoms. The minimum absolute atomic E-state index is 0.716. The van der Waals surface area contributed by atoms with Gasteiger partial charge in [0.25, 0.3) is 0 Å². The highest BCUT2D eigenvalue weighted by molar-refractivity contribution is 5.50. The van der Waals surface area contributed by atoms with E-state index in [1.165, 1.54) is 0 Å². The first kappa shape index (κ1) is 12.2. The summed E-state index contributed by atoms with van der Waals surface area (Å²) < 4.78 is 5.37. The van der Waals surface area contributed by atoms with Gasteiger partial charge in [-0.3, -0.25) is 0 Å². The van der Waals surface area contributed by atoms with Crippen LogP contribution in [0.25, 0.3) is 0 Å². The number of ether oxygens (including phenoxy) is 1. The number of aromatic nitrogens is 1. The van der Waals surface area contributed by atoms with Gasteiger partial charge in [-0.25, -0.2) is 4.98 Å². The lowest BCUT2D eigenvalue weighted by Gasteiger charge is -2.28. The lowest BCUT2D eigenvalue weighted by molar-refractivity contribution is 0.0685. The van der Waals surface area contributed by atoms with E-state index in [1.54, 1.807) is 0 Å². The zero-order valence-electron chi connectivity index (χ0n) is 10.6. The Bertz CT molecular complexity index is 375. The molecule has 94 valence electrons. The number of nitrogens with two attached hydrogens (primary N) is 1. The van der Waals surface area contributed by atoms with Gasteiger partial charge in [-0.1, -0.05) is 0 Å². The lowest BCUT2D eigenvalue weighted by Crippen LogP contribution is -2.30. The molecule has 1 aromatic rings. The van der Waals surface area contributed by atoms with Gasteiger partial charge in [0.1, 0.15) is 5.82 Å². The third kappa shape index (κ3) is 3.09. The predicted octanol–water partition coefficient (Wildman–Crippen LogP) is 1.84. The highest BCUT2D eigenvalue weighted by Gasteiger charge is 2.16. The highest BCUT2D eigenvalue weighted by atomic mass is 16.5. The van der Waals surface area contributed by atoms with E-state index < -0.39 is 0 Å². The number of rotatable bonds is 3. The van der Waals surface area contributed by atoms with Crippen LogP contribution >= 0.6 is 0 Å². The van der Waals surface area contributed by atoms with E-state index in [1.807, 2.05) is 19.1 Å². The molecule has 17 heavy (non-hydrogen) atoms. The summed E-state index contributed by atoms with van der Waals surface area (Å²) in [6.07, 6.45) is 2.30. The van der Waals surface area contributed by atoms with Gasteiger partial charge in [-0.05, 0) is 37.8 Å². The largest absolute Gasteiger partial charge is 0.397 e. The standard InChI is InChI=1S/C13H21N3O/c1-10-12(14)3-4-13(15-10)16(2)9-11-5-7-17-8-6-11/h3-4,11H,5-9,14H2,1-2H3. The van der Waals surface area contributed by atoms with Crippen molar-refractivity contribution >= 4 is 11.5 Å². The zero-order valence-corrected chi connectivity index (χ0v) is 10.6. The molecule has 0 bridgehead atoms. The topological polar surface area (TPSA) is 51.4 Å². The lowest BCUT2D eigenvalue weighted by atomic mass is 10.00. The molecule has 1 fully saturated rings. The fourth-order valence-electron chi connectivity index (χ4n) is 2.18. The third-order valence-electron chi connectivity index (χ3n) is 3.38. The molecule has 2 heterocycles. The molecule has 1 saturated heterocycles. The summed E-state index contributed by atoms with van der Waals surface area (Å²) in [6.45, 7) is 4.78. The molecule has 1 aromatic heterocycles. The number of aryl methyl sites for hydroxylation is 1.